The van der Waals surface area contributed by atoms with Crippen molar-refractivity contribution in [2.75, 3.05) is 0 Å². The van der Waals surface area contributed by atoms with Crippen molar-refractivity contribution in [2.45, 2.75) is 38.5 Å². The molecule has 3 rings (SSSR count). The number of nitrogens with zero attached hydrogens (tertiary/aromatic N) is 1. The highest BCUT2D eigenvalue weighted by Gasteiger charge is 2.41. The molecule has 3 nitrogen and oxygen atoms in total. The summed E-state index contributed by atoms with van der Waals surface area (Å²) in [6.07, 6.45) is 3.66. The Morgan fingerprint density at radius 3 is 2.60 bits per heavy atom. The van der Waals surface area contributed by atoms with Crippen molar-refractivity contribution in [1.29, 1.82) is 0 Å². The van der Waals surface area contributed by atoms with Gasteiger partial charge in [0.15, 0.2) is 0 Å². The van der Waals surface area contributed by atoms with Crippen LogP contribution in [0.15, 0.2) is 48.8 Å². The van der Waals surface area contributed by atoms with Crippen LogP contribution in [0.2, 0.25) is 0 Å². The van der Waals surface area contributed by atoms with Gasteiger partial charge in [0, 0.05) is 24.0 Å². The Hall–Kier alpha value is -1.87. The lowest BCUT2D eigenvalue weighted by atomic mass is 9.93. The van der Waals surface area contributed by atoms with E-state index in [0.717, 1.165) is 5.75 Å². The van der Waals surface area contributed by atoms with E-state index in [1.165, 1.54) is 11.1 Å². The maximum atomic E-state index is 6.07. The molecule has 1 aliphatic heterocycles. The summed E-state index contributed by atoms with van der Waals surface area (Å²) in [5.41, 5.74) is 2.23. The van der Waals surface area contributed by atoms with Crippen LogP contribution in [0.1, 0.15) is 44.0 Å². The van der Waals surface area contributed by atoms with Gasteiger partial charge >= 0.3 is 0 Å². The van der Waals surface area contributed by atoms with Crippen molar-refractivity contribution in [3.63, 3.8) is 0 Å². The third-order valence-corrected chi connectivity index (χ3v) is 3.92. The van der Waals surface area contributed by atoms with E-state index < -0.39 is 0 Å². The largest absolute Gasteiger partial charge is 0.486 e. The molecule has 0 fully saturated rings. The normalized spacial score (nSPS) is 21.1. The van der Waals surface area contributed by atoms with Crippen LogP contribution in [0.25, 0.3) is 0 Å². The number of ether oxygens (including phenoxy) is 1. The van der Waals surface area contributed by atoms with Crippen LogP contribution in [-0.2, 0) is 0 Å². The smallest absolute Gasteiger partial charge is 0.125 e. The molecule has 1 aliphatic rings. The third kappa shape index (κ3) is 2.29. The molecule has 2 heterocycles. The first-order chi connectivity index (χ1) is 9.58. The molecule has 2 atom stereocenters. The molecular formula is C17H20N2O. The Labute approximate surface area is 120 Å². The molecule has 0 aliphatic carbocycles. The maximum Gasteiger partial charge on any atom is 0.125 e. The zero-order chi connectivity index (χ0) is 14.2. The summed E-state index contributed by atoms with van der Waals surface area (Å²) in [4.78, 5) is 4.07. The topological polar surface area (TPSA) is 34.1 Å². The number of nitrogens with one attached hydrogen (secondary N) is 1. The number of rotatable bonds is 3. The Kier molecular flexibility index (Phi) is 3.22. The number of hydrogen-bond donors (Lipinski definition) is 1. The lowest BCUT2D eigenvalue weighted by molar-refractivity contribution is 0.0919. The minimum absolute atomic E-state index is 0.182. The Morgan fingerprint density at radius 1 is 1.15 bits per heavy atom. The molecule has 0 saturated heterocycles. The maximum absolute atomic E-state index is 6.07. The number of hydrogen-bond acceptors (Lipinski definition) is 3. The first-order valence-electron chi connectivity index (χ1n) is 7.02. The molecule has 1 N–H and O–H groups in total. The highest BCUT2D eigenvalue weighted by molar-refractivity contribution is 5.42. The second kappa shape index (κ2) is 4.91. The van der Waals surface area contributed by atoms with Gasteiger partial charge in [0.25, 0.3) is 0 Å². The summed E-state index contributed by atoms with van der Waals surface area (Å²) in [5.74, 6) is 0.983. The minimum Gasteiger partial charge on any atom is -0.486 e. The fourth-order valence-corrected chi connectivity index (χ4v) is 2.82. The average molecular weight is 268 g/mol. The summed E-state index contributed by atoms with van der Waals surface area (Å²) >= 11 is 0. The number of pyridine rings is 1. The van der Waals surface area contributed by atoms with Crippen molar-refractivity contribution >= 4 is 0 Å². The third-order valence-electron chi connectivity index (χ3n) is 3.92. The van der Waals surface area contributed by atoms with Gasteiger partial charge in [0.1, 0.15) is 11.4 Å². The van der Waals surface area contributed by atoms with Crippen molar-refractivity contribution in [1.82, 2.24) is 10.3 Å². The lowest BCUT2D eigenvalue weighted by Gasteiger charge is -2.30. The number of fused-ring (bicyclic) bond motifs is 1. The molecular weight excluding hydrogens is 248 g/mol. The van der Waals surface area contributed by atoms with Gasteiger partial charge in [0.2, 0.25) is 0 Å². The second-order valence-corrected chi connectivity index (χ2v) is 5.85. The summed E-state index contributed by atoms with van der Waals surface area (Å²) in [7, 11) is 0. The predicted octanol–water partition coefficient (Wildman–Crippen LogP) is 3.64. The number of aromatic nitrogens is 1. The van der Waals surface area contributed by atoms with Gasteiger partial charge in [0.05, 0.1) is 6.04 Å². The molecule has 3 heteroatoms. The molecule has 1 unspecified atom stereocenters. The van der Waals surface area contributed by atoms with E-state index in [4.69, 9.17) is 4.74 Å². The molecule has 2 aromatic rings. The van der Waals surface area contributed by atoms with Crippen LogP contribution in [0.4, 0.5) is 0 Å². The second-order valence-electron chi connectivity index (χ2n) is 5.85. The minimum atomic E-state index is -0.245. The molecule has 1 aromatic carbocycles. The van der Waals surface area contributed by atoms with E-state index in [1.807, 2.05) is 36.7 Å². The standard InChI is InChI=1S/C17H20N2O/c1-12(13-8-10-18-11-9-13)19-16-14-6-4-5-7-15(14)20-17(16,2)3/h4-12,16,19H,1-3H3/t12-,16?/m0/s1. The van der Waals surface area contributed by atoms with Crippen LogP contribution >= 0.6 is 0 Å². The molecule has 0 saturated carbocycles. The molecule has 0 amide bonds. The van der Waals surface area contributed by atoms with Gasteiger partial charge in [-0.1, -0.05) is 18.2 Å². The van der Waals surface area contributed by atoms with Gasteiger partial charge < -0.3 is 4.74 Å². The SMILES string of the molecule is C[C@H](NC1c2ccccc2OC1(C)C)c1ccncc1. The summed E-state index contributed by atoms with van der Waals surface area (Å²) in [6, 6.07) is 12.8. The van der Waals surface area contributed by atoms with Crippen LogP contribution < -0.4 is 10.1 Å². The van der Waals surface area contributed by atoms with Gasteiger partial charge in [-0.2, -0.15) is 0 Å². The highest BCUT2D eigenvalue weighted by Crippen LogP contribution is 2.43. The first-order valence-corrected chi connectivity index (χ1v) is 7.02. The molecule has 1 aromatic heterocycles. The van der Waals surface area contributed by atoms with E-state index in [2.05, 4.69) is 43.2 Å². The monoisotopic (exact) mass is 268 g/mol. The number of benzene rings is 1. The van der Waals surface area contributed by atoms with E-state index in [1.54, 1.807) is 0 Å². The van der Waals surface area contributed by atoms with Crippen molar-refractivity contribution in [3.8, 4) is 5.75 Å². The fraction of sp³-hybridized carbons (Fsp3) is 0.353. The quantitative estimate of drug-likeness (QED) is 0.922. The molecule has 0 bridgehead atoms. The Bertz CT molecular complexity index is 595. The molecule has 0 spiro atoms. The zero-order valence-corrected chi connectivity index (χ0v) is 12.1. The van der Waals surface area contributed by atoms with Crippen LogP contribution in [0.5, 0.6) is 5.75 Å². The van der Waals surface area contributed by atoms with Crippen molar-refractivity contribution in [3.05, 3.63) is 59.9 Å². The van der Waals surface area contributed by atoms with Gasteiger partial charge in [-0.25, -0.2) is 0 Å². The van der Waals surface area contributed by atoms with E-state index in [-0.39, 0.29) is 17.7 Å². The molecule has 104 valence electrons. The fourth-order valence-electron chi connectivity index (χ4n) is 2.82. The van der Waals surface area contributed by atoms with Gasteiger partial charge in [-0.15, -0.1) is 0 Å². The van der Waals surface area contributed by atoms with Gasteiger partial charge in [-0.3, -0.25) is 10.3 Å². The average Bonchev–Trinajstić information content (AvgIpc) is 2.70. The Morgan fingerprint density at radius 2 is 1.85 bits per heavy atom. The molecule has 0 radical (unpaired) electrons. The zero-order valence-electron chi connectivity index (χ0n) is 12.1. The van der Waals surface area contributed by atoms with Crippen LogP contribution in [0, 0.1) is 0 Å². The molecule has 20 heavy (non-hydrogen) atoms. The van der Waals surface area contributed by atoms with E-state index in [9.17, 15) is 0 Å². The summed E-state index contributed by atoms with van der Waals surface area (Å²) < 4.78 is 6.07. The summed E-state index contributed by atoms with van der Waals surface area (Å²) in [6.45, 7) is 6.43. The first kappa shape index (κ1) is 13.1. The van der Waals surface area contributed by atoms with Gasteiger partial charge in [-0.05, 0) is 44.5 Å². The predicted molar refractivity (Wildman–Crippen MR) is 79.7 cm³/mol. The number of para-hydroxylation sites is 1. The summed E-state index contributed by atoms with van der Waals surface area (Å²) in [5, 5.41) is 3.69. The van der Waals surface area contributed by atoms with Crippen molar-refractivity contribution < 1.29 is 4.74 Å². The van der Waals surface area contributed by atoms with Crippen LogP contribution in [0.3, 0.4) is 0 Å². The highest BCUT2D eigenvalue weighted by atomic mass is 16.5. The van der Waals surface area contributed by atoms with Crippen molar-refractivity contribution in [2.24, 2.45) is 0 Å². The van der Waals surface area contributed by atoms with E-state index >= 15 is 0 Å². The lowest BCUT2D eigenvalue weighted by Crippen LogP contribution is -2.40. The Balaban J connectivity index is 1.86. The van der Waals surface area contributed by atoms with Crippen LogP contribution in [-0.4, -0.2) is 10.6 Å². The van der Waals surface area contributed by atoms with E-state index in [0.29, 0.717) is 0 Å².